The molecule has 0 radical (unpaired) electrons. The summed E-state index contributed by atoms with van der Waals surface area (Å²) < 4.78 is 6.23. The fourth-order valence-corrected chi connectivity index (χ4v) is 3.14. The van der Waals surface area contributed by atoms with E-state index in [1.165, 1.54) is 17.7 Å². The third kappa shape index (κ3) is 4.58. The van der Waals surface area contributed by atoms with Gasteiger partial charge in [0.25, 0.3) is 0 Å². The Balaban J connectivity index is 1.82. The van der Waals surface area contributed by atoms with Crippen molar-refractivity contribution in [1.82, 2.24) is 0 Å². The second-order valence-electron chi connectivity index (χ2n) is 7.60. The van der Waals surface area contributed by atoms with E-state index in [-0.39, 0.29) is 17.2 Å². The van der Waals surface area contributed by atoms with Crippen LogP contribution in [0.25, 0.3) is 18.2 Å². The molecule has 2 aromatic rings. The molecule has 3 N–H and O–H groups in total. The maximum atomic E-state index is 10.4. The molecular formula is C24H26O4. The standard InChI is InChI=1S/C24H26O4/c1-16(2)5-4-11-24(3)12-10-19-21(26)14-18(15-23(19)28-24)7-6-17-8-9-20(25)22(27)13-17/h5-10,12-15,25-27H,4,11H2,1-3H3/t24-/m0/s1. The Morgan fingerprint density at radius 2 is 1.68 bits per heavy atom. The van der Waals surface area contributed by atoms with E-state index in [2.05, 4.69) is 19.9 Å². The predicted molar refractivity (Wildman–Crippen MR) is 114 cm³/mol. The Morgan fingerprint density at radius 1 is 0.964 bits per heavy atom. The summed E-state index contributed by atoms with van der Waals surface area (Å²) in [7, 11) is 0. The highest BCUT2D eigenvalue weighted by Gasteiger charge is 2.28. The van der Waals surface area contributed by atoms with Crippen LogP contribution in [0.4, 0.5) is 0 Å². The van der Waals surface area contributed by atoms with Crippen LogP contribution in [0, 0.1) is 0 Å². The van der Waals surface area contributed by atoms with Gasteiger partial charge in [-0.3, -0.25) is 0 Å². The van der Waals surface area contributed by atoms with Gasteiger partial charge in [0.05, 0.1) is 5.56 Å². The molecule has 1 heterocycles. The minimum atomic E-state index is -0.420. The van der Waals surface area contributed by atoms with Crippen LogP contribution in [-0.2, 0) is 0 Å². The summed E-state index contributed by atoms with van der Waals surface area (Å²) >= 11 is 0. The minimum Gasteiger partial charge on any atom is -0.507 e. The highest BCUT2D eigenvalue weighted by molar-refractivity contribution is 5.76. The SMILES string of the molecule is CC(C)=CCC[C@@]1(C)C=Cc2c(O)cc(C=Cc3ccc(O)c(O)c3)cc2O1. The van der Waals surface area contributed by atoms with Gasteiger partial charge in [-0.1, -0.05) is 29.9 Å². The van der Waals surface area contributed by atoms with Crippen molar-refractivity contribution in [2.24, 2.45) is 0 Å². The lowest BCUT2D eigenvalue weighted by atomic mass is 9.94. The lowest BCUT2D eigenvalue weighted by Gasteiger charge is -2.32. The zero-order valence-electron chi connectivity index (χ0n) is 16.4. The van der Waals surface area contributed by atoms with Crippen LogP contribution in [0.5, 0.6) is 23.0 Å². The number of allylic oxidation sites excluding steroid dienone is 2. The van der Waals surface area contributed by atoms with Crippen LogP contribution in [0.1, 0.15) is 50.3 Å². The first-order chi connectivity index (χ1) is 13.3. The molecule has 4 nitrogen and oxygen atoms in total. The lowest BCUT2D eigenvalue weighted by Crippen LogP contribution is -2.31. The van der Waals surface area contributed by atoms with Gasteiger partial charge in [0.2, 0.25) is 0 Å². The number of phenolic OH excluding ortho intramolecular Hbond substituents is 3. The van der Waals surface area contributed by atoms with Gasteiger partial charge in [0.15, 0.2) is 11.5 Å². The molecule has 0 amide bonds. The van der Waals surface area contributed by atoms with Gasteiger partial charge in [-0.05, 0) is 81.2 Å². The van der Waals surface area contributed by atoms with Gasteiger partial charge in [0, 0.05) is 0 Å². The summed E-state index contributed by atoms with van der Waals surface area (Å²) in [6.07, 6.45) is 11.5. The number of phenols is 3. The highest BCUT2D eigenvalue weighted by atomic mass is 16.5. The summed E-state index contributed by atoms with van der Waals surface area (Å²) in [5.41, 5.74) is 3.06. The van der Waals surface area contributed by atoms with Gasteiger partial charge in [-0.25, -0.2) is 0 Å². The molecule has 0 aromatic heterocycles. The molecule has 0 aliphatic carbocycles. The first-order valence-corrected chi connectivity index (χ1v) is 9.34. The van der Waals surface area contributed by atoms with Gasteiger partial charge in [-0.15, -0.1) is 0 Å². The van der Waals surface area contributed by atoms with Crippen molar-refractivity contribution in [2.75, 3.05) is 0 Å². The molecule has 0 unspecified atom stereocenters. The maximum absolute atomic E-state index is 10.4. The quantitative estimate of drug-likeness (QED) is 0.345. The Bertz CT molecular complexity index is 965. The fourth-order valence-electron chi connectivity index (χ4n) is 3.14. The average molecular weight is 378 g/mol. The van der Waals surface area contributed by atoms with Crippen LogP contribution < -0.4 is 4.74 Å². The third-order valence-electron chi connectivity index (χ3n) is 4.75. The van der Waals surface area contributed by atoms with E-state index in [1.54, 1.807) is 18.2 Å². The molecule has 1 aliphatic rings. The number of fused-ring (bicyclic) bond motifs is 1. The van der Waals surface area contributed by atoms with Crippen LogP contribution >= 0.6 is 0 Å². The van der Waals surface area contributed by atoms with Gasteiger partial charge in [-0.2, -0.15) is 0 Å². The van der Waals surface area contributed by atoms with Crippen molar-refractivity contribution in [1.29, 1.82) is 0 Å². The number of hydrogen-bond acceptors (Lipinski definition) is 4. The van der Waals surface area contributed by atoms with Gasteiger partial charge < -0.3 is 20.1 Å². The van der Waals surface area contributed by atoms with Crippen LogP contribution in [-0.4, -0.2) is 20.9 Å². The van der Waals surface area contributed by atoms with E-state index in [4.69, 9.17) is 4.74 Å². The number of benzene rings is 2. The number of aromatic hydroxyl groups is 3. The number of ether oxygens (including phenoxy) is 1. The summed E-state index contributed by atoms with van der Waals surface area (Å²) in [5, 5.41) is 29.4. The Morgan fingerprint density at radius 3 is 2.39 bits per heavy atom. The number of hydrogen-bond donors (Lipinski definition) is 3. The molecule has 0 spiro atoms. The Kier molecular flexibility index (Phi) is 5.50. The molecule has 4 heteroatoms. The molecule has 3 rings (SSSR count). The van der Waals surface area contributed by atoms with Crippen LogP contribution in [0.2, 0.25) is 0 Å². The average Bonchev–Trinajstić information content (AvgIpc) is 2.62. The molecule has 146 valence electrons. The molecule has 28 heavy (non-hydrogen) atoms. The minimum absolute atomic E-state index is 0.156. The molecule has 0 fully saturated rings. The Labute approximate surface area is 165 Å². The first-order valence-electron chi connectivity index (χ1n) is 9.34. The van der Waals surface area contributed by atoms with Gasteiger partial charge >= 0.3 is 0 Å². The topological polar surface area (TPSA) is 69.9 Å². The molecule has 1 atom stereocenters. The molecule has 1 aliphatic heterocycles. The van der Waals surface area contributed by atoms with E-state index in [0.717, 1.165) is 24.0 Å². The Hall–Kier alpha value is -3.14. The summed E-state index contributed by atoms with van der Waals surface area (Å²) in [4.78, 5) is 0. The van der Waals surface area contributed by atoms with E-state index >= 15 is 0 Å². The van der Waals surface area contributed by atoms with Crippen LogP contribution in [0.15, 0.2) is 48.1 Å². The molecule has 2 aromatic carbocycles. The maximum Gasteiger partial charge on any atom is 0.157 e. The van der Waals surface area contributed by atoms with E-state index < -0.39 is 5.60 Å². The molecule has 0 saturated heterocycles. The molecule has 0 saturated carbocycles. The van der Waals surface area contributed by atoms with Crippen molar-refractivity contribution >= 4 is 18.2 Å². The monoisotopic (exact) mass is 378 g/mol. The van der Waals surface area contributed by atoms with Crippen molar-refractivity contribution < 1.29 is 20.1 Å². The molecule has 0 bridgehead atoms. The zero-order chi connectivity index (χ0) is 20.3. The second kappa shape index (κ2) is 7.85. The van der Waals surface area contributed by atoms with Crippen molar-refractivity contribution in [2.45, 2.75) is 39.2 Å². The molecular weight excluding hydrogens is 352 g/mol. The summed E-state index contributed by atoms with van der Waals surface area (Å²) in [5.74, 6) is 0.482. The van der Waals surface area contributed by atoms with E-state index in [9.17, 15) is 15.3 Å². The fraction of sp³-hybridized carbons (Fsp3) is 0.250. The normalized spacial score (nSPS) is 18.0. The van der Waals surface area contributed by atoms with Crippen LogP contribution in [0.3, 0.4) is 0 Å². The largest absolute Gasteiger partial charge is 0.507 e. The lowest BCUT2D eigenvalue weighted by molar-refractivity contribution is 0.128. The van der Waals surface area contributed by atoms with E-state index in [1.807, 2.05) is 31.2 Å². The predicted octanol–water partition coefficient (Wildman–Crippen LogP) is 5.88. The van der Waals surface area contributed by atoms with Gasteiger partial charge in [0.1, 0.15) is 17.1 Å². The van der Waals surface area contributed by atoms with Crippen molar-refractivity contribution in [3.8, 4) is 23.0 Å². The first kappa shape index (κ1) is 19.6. The van der Waals surface area contributed by atoms with Crippen molar-refractivity contribution in [3.05, 3.63) is 64.7 Å². The highest BCUT2D eigenvalue weighted by Crippen LogP contribution is 2.39. The number of rotatable bonds is 5. The summed E-state index contributed by atoms with van der Waals surface area (Å²) in [6, 6.07) is 8.18. The van der Waals surface area contributed by atoms with E-state index in [0.29, 0.717) is 11.3 Å². The van der Waals surface area contributed by atoms with Crippen molar-refractivity contribution in [3.63, 3.8) is 0 Å². The smallest absolute Gasteiger partial charge is 0.157 e. The zero-order valence-corrected chi connectivity index (χ0v) is 16.4. The summed E-state index contributed by atoms with van der Waals surface area (Å²) in [6.45, 7) is 6.21. The third-order valence-corrected chi connectivity index (χ3v) is 4.75. The second-order valence-corrected chi connectivity index (χ2v) is 7.60.